The second-order valence-electron chi connectivity index (χ2n) is 13.8. The number of aromatic nitrogens is 3. The first kappa shape index (κ1) is 30.2. The Hall–Kier alpha value is -6.64. The Morgan fingerprint density at radius 2 is 1.19 bits per heavy atom. The fourth-order valence-corrected chi connectivity index (χ4v) is 8.81. The fraction of sp³-hybridized carbons (Fsp3) is 0.106. The second-order valence-corrected chi connectivity index (χ2v) is 13.8. The lowest BCUT2D eigenvalue weighted by atomic mass is 9.60. The Kier molecular flexibility index (Phi) is 6.97. The normalized spacial score (nSPS) is 19.1. The molecule has 0 saturated carbocycles. The Bertz CT molecular complexity index is 2590. The van der Waals surface area contributed by atoms with Gasteiger partial charge in [-0.15, -0.1) is 0 Å². The van der Waals surface area contributed by atoms with Gasteiger partial charge in [0, 0.05) is 33.7 Å². The van der Waals surface area contributed by atoms with Crippen molar-refractivity contribution in [1.29, 1.82) is 5.26 Å². The van der Waals surface area contributed by atoms with Crippen LogP contribution < -0.4 is 4.74 Å². The van der Waals surface area contributed by atoms with Crippen LogP contribution in [0.25, 0.3) is 45.3 Å². The van der Waals surface area contributed by atoms with Crippen LogP contribution in [0.1, 0.15) is 46.6 Å². The third kappa shape index (κ3) is 4.65. The molecule has 10 rings (SSSR count). The minimum absolute atomic E-state index is 0.324. The number of para-hydroxylation sites is 1. The predicted octanol–water partition coefficient (Wildman–Crippen LogP) is 10.9. The second kappa shape index (κ2) is 12.0. The van der Waals surface area contributed by atoms with Gasteiger partial charge in [0.05, 0.1) is 17.0 Å². The van der Waals surface area contributed by atoms with Crippen molar-refractivity contribution in [2.75, 3.05) is 0 Å². The Morgan fingerprint density at radius 1 is 0.558 bits per heavy atom. The van der Waals surface area contributed by atoms with Crippen LogP contribution in [-0.2, 0) is 5.41 Å². The monoisotopic (exact) mass is 668 g/mol. The fourth-order valence-electron chi connectivity index (χ4n) is 8.81. The molecular weight excluding hydrogens is 637 g/mol. The van der Waals surface area contributed by atoms with E-state index in [1.165, 1.54) is 16.7 Å². The first-order valence-electron chi connectivity index (χ1n) is 17.8. The predicted molar refractivity (Wildman–Crippen MR) is 204 cm³/mol. The average Bonchev–Trinajstić information content (AvgIpc) is 3.52. The number of ether oxygens (including phenoxy) is 1. The van der Waals surface area contributed by atoms with E-state index in [9.17, 15) is 5.26 Å². The molecule has 6 aromatic carbocycles. The van der Waals surface area contributed by atoms with Crippen molar-refractivity contribution in [1.82, 2.24) is 15.0 Å². The van der Waals surface area contributed by atoms with Crippen LogP contribution >= 0.6 is 0 Å². The lowest BCUT2D eigenvalue weighted by Crippen LogP contribution is -2.38. The van der Waals surface area contributed by atoms with Crippen molar-refractivity contribution in [3.05, 3.63) is 186 Å². The highest BCUT2D eigenvalue weighted by atomic mass is 16.5. The number of hydrogen-bond donors (Lipinski definition) is 0. The first-order chi connectivity index (χ1) is 25.7. The molecule has 0 radical (unpaired) electrons. The maximum Gasteiger partial charge on any atom is 0.164 e. The summed E-state index contributed by atoms with van der Waals surface area (Å²) in [5, 5.41) is 9.31. The highest BCUT2D eigenvalue weighted by Crippen LogP contribution is 2.65. The van der Waals surface area contributed by atoms with Gasteiger partial charge in [0.1, 0.15) is 11.5 Å². The number of nitrogens with zero attached hydrogens (tertiary/aromatic N) is 4. The largest absolute Gasteiger partial charge is 0.457 e. The summed E-state index contributed by atoms with van der Waals surface area (Å²) in [6.45, 7) is 0. The quantitative estimate of drug-likeness (QED) is 0.175. The zero-order valence-corrected chi connectivity index (χ0v) is 28.3. The molecule has 0 amide bonds. The van der Waals surface area contributed by atoms with Crippen molar-refractivity contribution in [3.63, 3.8) is 0 Å². The number of hydrogen-bond acceptors (Lipinski definition) is 5. The SMILES string of the molecule is N#Cc1ccc(-c2cccc(-c3nc(-c4ccccc4)nc(-c4ccc5c(c4)C4(c6ccccc6O5)c5ccccc5C5C=CCCC54)n3)c2)cc1. The minimum Gasteiger partial charge on any atom is -0.457 e. The van der Waals surface area contributed by atoms with Crippen LogP contribution in [0, 0.1) is 17.2 Å². The Labute approximate surface area is 302 Å². The van der Waals surface area contributed by atoms with E-state index in [-0.39, 0.29) is 5.41 Å². The summed E-state index contributed by atoms with van der Waals surface area (Å²) in [6.07, 6.45) is 6.91. The molecular formula is C47H32N4O. The molecule has 2 heterocycles. The smallest absolute Gasteiger partial charge is 0.164 e. The van der Waals surface area contributed by atoms with Crippen LogP contribution in [-0.4, -0.2) is 15.0 Å². The van der Waals surface area contributed by atoms with Gasteiger partial charge in [-0.1, -0.05) is 115 Å². The van der Waals surface area contributed by atoms with Crippen LogP contribution in [0.15, 0.2) is 158 Å². The maximum atomic E-state index is 9.31. The Morgan fingerprint density at radius 3 is 2.00 bits per heavy atom. The van der Waals surface area contributed by atoms with E-state index in [0.717, 1.165) is 57.7 Å². The molecule has 52 heavy (non-hydrogen) atoms. The van der Waals surface area contributed by atoms with E-state index in [1.54, 1.807) is 0 Å². The van der Waals surface area contributed by atoms with Crippen LogP contribution in [0.3, 0.4) is 0 Å². The van der Waals surface area contributed by atoms with Crippen LogP contribution in [0.2, 0.25) is 0 Å². The summed E-state index contributed by atoms with van der Waals surface area (Å²) in [5.74, 6) is 4.27. The van der Waals surface area contributed by atoms with E-state index < -0.39 is 0 Å². The van der Waals surface area contributed by atoms with Crippen molar-refractivity contribution in [2.24, 2.45) is 5.92 Å². The van der Waals surface area contributed by atoms with Crippen molar-refractivity contribution in [2.45, 2.75) is 24.2 Å². The summed E-state index contributed by atoms with van der Waals surface area (Å²) >= 11 is 0. The summed E-state index contributed by atoms with van der Waals surface area (Å²) in [6, 6.07) is 52.2. The summed E-state index contributed by atoms with van der Waals surface area (Å²) in [7, 11) is 0. The molecule has 7 aromatic rings. The minimum atomic E-state index is -0.389. The van der Waals surface area contributed by atoms with Crippen molar-refractivity contribution < 1.29 is 4.74 Å². The molecule has 1 aliphatic heterocycles. The molecule has 1 spiro atoms. The molecule has 3 aliphatic rings. The van der Waals surface area contributed by atoms with Crippen LogP contribution in [0.4, 0.5) is 0 Å². The molecule has 5 heteroatoms. The van der Waals surface area contributed by atoms with E-state index in [4.69, 9.17) is 19.7 Å². The van der Waals surface area contributed by atoms with Gasteiger partial charge in [0.2, 0.25) is 0 Å². The third-order valence-electron chi connectivity index (χ3n) is 11.1. The first-order valence-corrected chi connectivity index (χ1v) is 17.8. The van der Waals surface area contributed by atoms with E-state index in [2.05, 4.69) is 97.1 Å². The average molecular weight is 669 g/mol. The van der Waals surface area contributed by atoms with E-state index >= 15 is 0 Å². The highest BCUT2D eigenvalue weighted by Gasteiger charge is 2.57. The zero-order valence-electron chi connectivity index (χ0n) is 28.3. The number of allylic oxidation sites excluding steroid dienone is 2. The summed E-state index contributed by atoms with van der Waals surface area (Å²) < 4.78 is 6.72. The maximum absolute atomic E-state index is 9.31. The van der Waals surface area contributed by atoms with Crippen LogP contribution in [0.5, 0.6) is 11.5 Å². The highest BCUT2D eigenvalue weighted by molar-refractivity contribution is 5.75. The van der Waals surface area contributed by atoms with Gasteiger partial charge in [-0.3, -0.25) is 0 Å². The standard InChI is InChI=1S/C47H32N4O/c48-29-30-21-23-31(24-22-30)33-13-10-14-34(27-33)45-49-44(32-11-2-1-3-12-32)50-46(51-45)35-25-26-43-41(28-35)47(40-19-8-9-20-42(40)52-43)38-17-6-4-15-36(38)37-16-5-7-18-39(37)47/h1-6,8-17,19-28,37,39H,7,18H2. The molecule has 2 aliphatic carbocycles. The third-order valence-corrected chi connectivity index (χ3v) is 11.1. The zero-order chi connectivity index (χ0) is 34.6. The lowest BCUT2D eigenvalue weighted by Gasteiger charge is -2.44. The molecule has 1 aromatic heterocycles. The van der Waals surface area contributed by atoms with E-state index in [1.807, 2.05) is 66.7 Å². The molecule has 0 bridgehead atoms. The number of benzene rings is 6. The summed E-state index contributed by atoms with van der Waals surface area (Å²) in [4.78, 5) is 15.3. The topological polar surface area (TPSA) is 71.7 Å². The summed E-state index contributed by atoms with van der Waals surface area (Å²) in [5.41, 5.74) is 10.1. The number of nitriles is 1. The molecule has 0 saturated heterocycles. The van der Waals surface area contributed by atoms with Crippen molar-refractivity contribution in [3.8, 4) is 62.9 Å². The molecule has 0 fully saturated rings. The molecule has 3 unspecified atom stereocenters. The van der Waals surface area contributed by atoms with Gasteiger partial charge in [-0.05, 0) is 83.5 Å². The lowest BCUT2D eigenvalue weighted by molar-refractivity contribution is 0.311. The molecule has 0 N–H and O–H groups in total. The number of rotatable bonds is 4. The van der Waals surface area contributed by atoms with Crippen molar-refractivity contribution >= 4 is 0 Å². The van der Waals surface area contributed by atoms with Gasteiger partial charge >= 0.3 is 0 Å². The van der Waals surface area contributed by atoms with Gasteiger partial charge in [0.25, 0.3) is 0 Å². The molecule has 246 valence electrons. The molecule has 5 nitrogen and oxygen atoms in total. The van der Waals surface area contributed by atoms with E-state index in [0.29, 0.717) is 34.9 Å². The number of fused-ring (bicyclic) bond motifs is 9. The van der Waals surface area contributed by atoms with Gasteiger partial charge in [-0.2, -0.15) is 5.26 Å². The Balaban J connectivity index is 1.17. The van der Waals surface area contributed by atoms with Gasteiger partial charge < -0.3 is 4.74 Å². The molecule has 3 atom stereocenters. The van der Waals surface area contributed by atoms with Gasteiger partial charge in [-0.25, -0.2) is 15.0 Å². The van der Waals surface area contributed by atoms with Gasteiger partial charge in [0.15, 0.2) is 17.5 Å².